The van der Waals surface area contributed by atoms with E-state index in [9.17, 15) is 13.2 Å². The molecule has 0 saturated heterocycles. The molecule has 0 aromatic heterocycles. The maximum atomic E-state index is 12.6. The summed E-state index contributed by atoms with van der Waals surface area (Å²) in [5.74, 6) is 0.0867. The lowest BCUT2D eigenvalue weighted by atomic mass is 10.1. The molecule has 6 nitrogen and oxygen atoms in total. The molecule has 0 radical (unpaired) electrons. The first-order valence-corrected chi connectivity index (χ1v) is 9.54. The summed E-state index contributed by atoms with van der Waals surface area (Å²) in [7, 11) is -3.83. The molecule has 2 aromatic rings. The first kappa shape index (κ1) is 18.0. The largest absolute Gasteiger partial charge is 0.482 e. The third-order valence-corrected chi connectivity index (χ3v) is 5.76. The van der Waals surface area contributed by atoms with Crippen molar-refractivity contribution in [1.29, 1.82) is 0 Å². The highest BCUT2D eigenvalue weighted by Crippen LogP contribution is 2.31. The van der Waals surface area contributed by atoms with Gasteiger partial charge in [0.15, 0.2) is 6.61 Å². The lowest BCUT2D eigenvalue weighted by Crippen LogP contribution is -2.28. The molecule has 0 fully saturated rings. The number of hydrogen-bond donors (Lipinski definition) is 2. The topological polar surface area (TPSA) is 84.5 Å². The molecule has 0 saturated carbocycles. The maximum Gasteiger partial charge on any atom is 0.262 e. The highest BCUT2D eigenvalue weighted by Gasteiger charge is 2.23. The second-order valence-electron chi connectivity index (χ2n) is 5.50. The fourth-order valence-electron chi connectivity index (χ4n) is 2.45. The van der Waals surface area contributed by atoms with Gasteiger partial charge in [0.05, 0.1) is 10.6 Å². The molecule has 9 heteroatoms. The number of halogens is 2. The van der Waals surface area contributed by atoms with Gasteiger partial charge in [0.25, 0.3) is 5.91 Å². The van der Waals surface area contributed by atoms with Crippen LogP contribution in [0.15, 0.2) is 41.3 Å². The minimum Gasteiger partial charge on any atom is -0.482 e. The third kappa shape index (κ3) is 3.90. The van der Waals surface area contributed by atoms with Crippen LogP contribution in [0.1, 0.15) is 18.5 Å². The number of carbonyl (C=O) groups is 1. The Morgan fingerprint density at radius 2 is 1.96 bits per heavy atom. The number of anilines is 1. The number of ether oxygens (including phenoxy) is 1. The van der Waals surface area contributed by atoms with Crippen molar-refractivity contribution >= 4 is 44.8 Å². The zero-order valence-electron chi connectivity index (χ0n) is 13.0. The molecule has 1 aliphatic rings. The van der Waals surface area contributed by atoms with E-state index in [-0.39, 0.29) is 17.4 Å². The van der Waals surface area contributed by atoms with E-state index in [4.69, 9.17) is 27.9 Å². The number of benzene rings is 2. The molecule has 1 atom stereocenters. The van der Waals surface area contributed by atoms with Gasteiger partial charge < -0.3 is 10.1 Å². The SMILES string of the molecule is CC(NS(=O)(=O)c1ccc2c(c1)NC(=O)CO2)c1ccc(Cl)cc1Cl. The summed E-state index contributed by atoms with van der Waals surface area (Å²) in [5, 5.41) is 3.42. The molecule has 2 N–H and O–H groups in total. The standard InChI is InChI=1S/C16H14Cl2N2O4S/c1-9(12-4-2-10(17)6-13(12)18)20-25(22,23)11-3-5-15-14(7-11)19-16(21)8-24-15/h2-7,9,20H,8H2,1H3,(H,19,21). The first-order chi connectivity index (χ1) is 11.8. The van der Waals surface area contributed by atoms with Crippen molar-refractivity contribution in [2.75, 3.05) is 11.9 Å². The van der Waals surface area contributed by atoms with Crippen LogP contribution in [0.25, 0.3) is 0 Å². The van der Waals surface area contributed by atoms with E-state index in [1.54, 1.807) is 25.1 Å². The van der Waals surface area contributed by atoms with Crippen LogP contribution in [-0.4, -0.2) is 20.9 Å². The van der Waals surface area contributed by atoms with Crippen molar-refractivity contribution < 1.29 is 17.9 Å². The molecule has 0 bridgehead atoms. The molecule has 132 valence electrons. The smallest absolute Gasteiger partial charge is 0.262 e. The summed E-state index contributed by atoms with van der Waals surface area (Å²) < 4.78 is 33.0. The summed E-state index contributed by atoms with van der Waals surface area (Å²) in [6.45, 7) is 1.58. The van der Waals surface area contributed by atoms with E-state index in [0.29, 0.717) is 27.0 Å². The Hall–Kier alpha value is -1.80. The minimum absolute atomic E-state index is 0.00832. The number of hydrogen-bond acceptors (Lipinski definition) is 4. The van der Waals surface area contributed by atoms with Crippen molar-refractivity contribution in [2.45, 2.75) is 17.9 Å². The van der Waals surface area contributed by atoms with E-state index in [1.165, 1.54) is 18.2 Å². The Morgan fingerprint density at radius 3 is 2.68 bits per heavy atom. The number of sulfonamides is 1. The summed E-state index contributed by atoms with van der Waals surface area (Å²) in [6, 6.07) is 8.55. The summed E-state index contributed by atoms with van der Waals surface area (Å²) in [6.07, 6.45) is 0. The number of amides is 1. The van der Waals surface area contributed by atoms with Gasteiger partial charge in [0.2, 0.25) is 10.0 Å². The molecule has 1 unspecified atom stereocenters. The highest BCUT2D eigenvalue weighted by atomic mass is 35.5. The van der Waals surface area contributed by atoms with Crippen LogP contribution < -0.4 is 14.8 Å². The van der Waals surface area contributed by atoms with Crippen LogP contribution in [0.5, 0.6) is 5.75 Å². The molecule has 0 aliphatic carbocycles. The van der Waals surface area contributed by atoms with E-state index in [1.807, 2.05) is 0 Å². The molecule has 3 rings (SSSR count). The summed E-state index contributed by atoms with van der Waals surface area (Å²) in [5.41, 5.74) is 0.917. The first-order valence-electron chi connectivity index (χ1n) is 7.30. The van der Waals surface area contributed by atoms with Gasteiger partial charge in [-0.15, -0.1) is 0 Å². The maximum absolute atomic E-state index is 12.6. The fourth-order valence-corrected chi connectivity index (χ4v) is 4.27. The molecule has 1 amide bonds. The van der Waals surface area contributed by atoms with Crippen molar-refractivity contribution in [3.63, 3.8) is 0 Å². The Balaban J connectivity index is 1.86. The van der Waals surface area contributed by atoms with Crippen molar-refractivity contribution in [2.24, 2.45) is 0 Å². The summed E-state index contributed by atoms with van der Waals surface area (Å²) >= 11 is 12.0. The van der Waals surface area contributed by atoms with E-state index in [2.05, 4.69) is 10.0 Å². The van der Waals surface area contributed by atoms with Crippen LogP contribution in [0, 0.1) is 0 Å². The molecule has 25 heavy (non-hydrogen) atoms. The highest BCUT2D eigenvalue weighted by molar-refractivity contribution is 7.89. The second-order valence-corrected chi connectivity index (χ2v) is 8.06. The van der Waals surface area contributed by atoms with Gasteiger partial charge in [-0.3, -0.25) is 4.79 Å². The van der Waals surface area contributed by atoms with Gasteiger partial charge in [-0.2, -0.15) is 0 Å². The van der Waals surface area contributed by atoms with Crippen LogP contribution >= 0.6 is 23.2 Å². The van der Waals surface area contributed by atoms with Crippen LogP contribution in [0.3, 0.4) is 0 Å². The number of nitrogens with one attached hydrogen (secondary N) is 2. The molecular weight excluding hydrogens is 387 g/mol. The predicted molar refractivity (Wildman–Crippen MR) is 95.8 cm³/mol. The van der Waals surface area contributed by atoms with Gasteiger partial charge >= 0.3 is 0 Å². The van der Waals surface area contributed by atoms with Gasteiger partial charge in [0.1, 0.15) is 5.75 Å². The number of carbonyl (C=O) groups excluding carboxylic acids is 1. The fraction of sp³-hybridized carbons (Fsp3) is 0.188. The van der Waals surface area contributed by atoms with Crippen LogP contribution in [-0.2, 0) is 14.8 Å². The van der Waals surface area contributed by atoms with E-state index in [0.717, 1.165) is 0 Å². The van der Waals surface area contributed by atoms with Crippen molar-refractivity contribution in [3.05, 3.63) is 52.0 Å². The predicted octanol–water partition coefficient (Wildman–Crippen LogP) is 3.36. The van der Waals surface area contributed by atoms with E-state index >= 15 is 0 Å². The van der Waals surface area contributed by atoms with E-state index < -0.39 is 16.1 Å². The molecule has 0 spiro atoms. The lowest BCUT2D eigenvalue weighted by molar-refractivity contribution is -0.118. The monoisotopic (exact) mass is 400 g/mol. The van der Waals surface area contributed by atoms with Gasteiger partial charge in [-0.25, -0.2) is 13.1 Å². The zero-order chi connectivity index (χ0) is 18.2. The Labute approximate surface area is 155 Å². The molecule has 1 heterocycles. The summed E-state index contributed by atoms with van der Waals surface area (Å²) in [4.78, 5) is 11.4. The molecular formula is C16H14Cl2N2O4S. The number of fused-ring (bicyclic) bond motifs is 1. The Kier molecular flexibility index (Phi) is 4.92. The Bertz CT molecular complexity index is 947. The van der Waals surface area contributed by atoms with Gasteiger partial charge in [-0.05, 0) is 42.8 Å². The van der Waals surface area contributed by atoms with Gasteiger partial charge in [-0.1, -0.05) is 29.3 Å². The molecule has 1 aliphatic heterocycles. The van der Waals surface area contributed by atoms with Crippen molar-refractivity contribution in [1.82, 2.24) is 4.72 Å². The van der Waals surface area contributed by atoms with Crippen molar-refractivity contribution in [3.8, 4) is 5.75 Å². The average Bonchev–Trinajstić information content (AvgIpc) is 2.53. The van der Waals surface area contributed by atoms with Gasteiger partial charge in [0, 0.05) is 16.1 Å². The third-order valence-electron chi connectivity index (χ3n) is 3.66. The quantitative estimate of drug-likeness (QED) is 0.823. The Morgan fingerprint density at radius 1 is 1.20 bits per heavy atom. The minimum atomic E-state index is -3.83. The normalized spacial score (nSPS) is 15.1. The lowest BCUT2D eigenvalue weighted by Gasteiger charge is -2.20. The average molecular weight is 401 g/mol. The number of rotatable bonds is 4. The zero-order valence-corrected chi connectivity index (χ0v) is 15.4. The van der Waals surface area contributed by atoms with Crippen LogP contribution in [0.4, 0.5) is 5.69 Å². The van der Waals surface area contributed by atoms with Crippen LogP contribution in [0.2, 0.25) is 10.0 Å². The second kappa shape index (κ2) is 6.84. The molecule has 2 aromatic carbocycles.